The smallest absolute Gasteiger partial charge is 0.257 e. The molecule has 1 saturated heterocycles. The second kappa shape index (κ2) is 8.37. The second-order valence-corrected chi connectivity index (χ2v) is 6.78. The minimum absolute atomic E-state index is 0.0472. The van der Waals surface area contributed by atoms with Crippen LogP contribution in [0.3, 0.4) is 0 Å². The summed E-state index contributed by atoms with van der Waals surface area (Å²) < 4.78 is 0. The summed E-state index contributed by atoms with van der Waals surface area (Å²) in [7, 11) is 0. The SMILES string of the molecule is CCC(C(=O)NN(CC(C)C)CC(C)C)N1CCCC1=O. The normalized spacial score (nSPS) is 17.1. The zero-order valence-corrected chi connectivity index (χ0v) is 14.2. The average molecular weight is 297 g/mol. The van der Waals surface area contributed by atoms with E-state index in [9.17, 15) is 9.59 Å². The molecule has 1 atom stereocenters. The second-order valence-electron chi connectivity index (χ2n) is 6.78. The molecule has 1 aliphatic rings. The largest absolute Gasteiger partial charge is 0.331 e. The van der Waals surface area contributed by atoms with Gasteiger partial charge in [-0.2, -0.15) is 0 Å². The monoisotopic (exact) mass is 297 g/mol. The van der Waals surface area contributed by atoms with Gasteiger partial charge in [0.2, 0.25) is 5.91 Å². The molecule has 122 valence electrons. The average Bonchev–Trinajstić information content (AvgIpc) is 2.75. The third-order valence-electron chi connectivity index (χ3n) is 3.61. The maximum absolute atomic E-state index is 12.5. The number of rotatable bonds is 8. The van der Waals surface area contributed by atoms with E-state index in [4.69, 9.17) is 0 Å². The lowest BCUT2D eigenvalue weighted by molar-refractivity contribution is -0.140. The highest BCUT2D eigenvalue weighted by Crippen LogP contribution is 2.16. The zero-order valence-electron chi connectivity index (χ0n) is 14.2. The van der Waals surface area contributed by atoms with Crippen LogP contribution >= 0.6 is 0 Å². The van der Waals surface area contributed by atoms with Gasteiger partial charge in [-0.3, -0.25) is 15.0 Å². The Morgan fingerprint density at radius 2 is 1.81 bits per heavy atom. The molecule has 5 nitrogen and oxygen atoms in total. The van der Waals surface area contributed by atoms with Gasteiger partial charge in [-0.1, -0.05) is 34.6 Å². The van der Waals surface area contributed by atoms with Crippen LogP contribution in [0, 0.1) is 11.8 Å². The molecule has 1 fully saturated rings. The molecule has 0 aromatic rings. The summed E-state index contributed by atoms with van der Waals surface area (Å²) in [6, 6.07) is -0.332. The van der Waals surface area contributed by atoms with Gasteiger partial charge in [0, 0.05) is 26.1 Å². The Morgan fingerprint density at radius 1 is 1.24 bits per heavy atom. The van der Waals surface area contributed by atoms with Crippen molar-refractivity contribution in [1.82, 2.24) is 15.3 Å². The van der Waals surface area contributed by atoms with Crippen molar-refractivity contribution in [3.63, 3.8) is 0 Å². The highest BCUT2D eigenvalue weighted by atomic mass is 16.2. The van der Waals surface area contributed by atoms with Crippen LogP contribution in [0.1, 0.15) is 53.9 Å². The van der Waals surface area contributed by atoms with Gasteiger partial charge in [0.05, 0.1) is 0 Å². The Labute approximate surface area is 129 Å². The minimum atomic E-state index is -0.332. The molecule has 21 heavy (non-hydrogen) atoms. The van der Waals surface area contributed by atoms with Crippen molar-refractivity contribution < 1.29 is 9.59 Å². The van der Waals surface area contributed by atoms with Gasteiger partial charge in [-0.15, -0.1) is 0 Å². The summed E-state index contributed by atoms with van der Waals surface area (Å²) in [4.78, 5) is 26.1. The predicted octanol–water partition coefficient (Wildman–Crippen LogP) is 2.03. The van der Waals surface area contributed by atoms with E-state index in [2.05, 4.69) is 33.1 Å². The first-order valence-electron chi connectivity index (χ1n) is 8.20. The number of carbonyl (C=O) groups excluding carboxylic acids is 2. The Bertz CT molecular complexity index is 345. The van der Waals surface area contributed by atoms with Crippen molar-refractivity contribution in [1.29, 1.82) is 0 Å². The summed E-state index contributed by atoms with van der Waals surface area (Å²) >= 11 is 0. The summed E-state index contributed by atoms with van der Waals surface area (Å²) in [6.45, 7) is 12.9. The molecule has 0 bridgehead atoms. The van der Waals surface area contributed by atoms with Crippen molar-refractivity contribution in [2.24, 2.45) is 11.8 Å². The van der Waals surface area contributed by atoms with Gasteiger partial charge in [0.15, 0.2) is 0 Å². The van der Waals surface area contributed by atoms with Crippen molar-refractivity contribution in [3.8, 4) is 0 Å². The van der Waals surface area contributed by atoms with E-state index in [-0.39, 0.29) is 17.9 Å². The maximum Gasteiger partial charge on any atom is 0.257 e. The number of carbonyl (C=O) groups is 2. The molecule has 2 amide bonds. The fourth-order valence-electron chi connectivity index (χ4n) is 2.82. The minimum Gasteiger partial charge on any atom is -0.331 e. The summed E-state index contributed by atoms with van der Waals surface area (Å²) in [5.74, 6) is 1.03. The van der Waals surface area contributed by atoms with E-state index in [0.29, 0.717) is 31.2 Å². The molecule has 0 aliphatic carbocycles. The topological polar surface area (TPSA) is 52.7 Å². The van der Waals surface area contributed by atoms with Gasteiger partial charge >= 0.3 is 0 Å². The van der Waals surface area contributed by atoms with Crippen molar-refractivity contribution in [2.45, 2.75) is 59.9 Å². The van der Waals surface area contributed by atoms with Crippen molar-refractivity contribution >= 4 is 11.8 Å². The van der Waals surface area contributed by atoms with Crippen molar-refractivity contribution in [3.05, 3.63) is 0 Å². The fraction of sp³-hybridized carbons (Fsp3) is 0.875. The van der Waals surface area contributed by atoms with Crippen LogP contribution in [0.25, 0.3) is 0 Å². The van der Waals surface area contributed by atoms with Crippen LogP contribution in [0.5, 0.6) is 0 Å². The van der Waals surface area contributed by atoms with E-state index in [0.717, 1.165) is 19.5 Å². The number of likely N-dealkylation sites (tertiary alicyclic amines) is 1. The Morgan fingerprint density at radius 3 is 2.19 bits per heavy atom. The molecular weight excluding hydrogens is 266 g/mol. The number of hydrogen-bond donors (Lipinski definition) is 1. The molecule has 0 saturated carbocycles. The number of nitrogens with zero attached hydrogens (tertiary/aromatic N) is 2. The van der Waals surface area contributed by atoms with Crippen LogP contribution in [0.2, 0.25) is 0 Å². The molecule has 0 spiro atoms. The molecule has 1 heterocycles. The molecular formula is C16H31N3O2. The summed E-state index contributed by atoms with van der Waals surface area (Å²) in [5, 5.41) is 2.00. The van der Waals surface area contributed by atoms with E-state index >= 15 is 0 Å². The molecule has 1 rings (SSSR count). The molecule has 0 aromatic heterocycles. The zero-order chi connectivity index (χ0) is 16.0. The van der Waals surface area contributed by atoms with Crippen LogP contribution in [-0.4, -0.2) is 47.4 Å². The van der Waals surface area contributed by atoms with E-state index < -0.39 is 0 Å². The van der Waals surface area contributed by atoms with E-state index in [1.807, 2.05) is 11.9 Å². The molecule has 1 aliphatic heterocycles. The number of hydrogen-bond acceptors (Lipinski definition) is 3. The maximum atomic E-state index is 12.5. The Hall–Kier alpha value is -1.10. The Kier molecular flexibility index (Phi) is 7.15. The first-order chi connectivity index (χ1) is 9.85. The lowest BCUT2D eigenvalue weighted by Crippen LogP contribution is -2.54. The first-order valence-corrected chi connectivity index (χ1v) is 8.20. The van der Waals surface area contributed by atoms with Crippen LogP contribution in [-0.2, 0) is 9.59 Å². The quantitative estimate of drug-likeness (QED) is 0.698. The third kappa shape index (κ3) is 5.65. The van der Waals surface area contributed by atoms with Gasteiger partial charge in [-0.05, 0) is 24.7 Å². The lowest BCUT2D eigenvalue weighted by Gasteiger charge is -2.31. The van der Waals surface area contributed by atoms with E-state index in [1.165, 1.54) is 0 Å². The third-order valence-corrected chi connectivity index (χ3v) is 3.61. The Balaban J connectivity index is 2.66. The summed E-state index contributed by atoms with van der Waals surface area (Å²) in [6.07, 6.45) is 2.10. The number of hydrazine groups is 1. The molecule has 5 heteroatoms. The van der Waals surface area contributed by atoms with Gasteiger partial charge in [0.1, 0.15) is 6.04 Å². The fourth-order valence-corrected chi connectivity index (χ4v) is 2.82. The standard InChI is InChI=1S/C16H31N3O2/c1-6-14(19-9-7-8-15(19)20)16(21)17-18(10-12(2)3)11-13(4)5/h12-14H,6-11H2,1-5H3,(H,17,21). The molecule has 0 radical (unpaired) electrons. The van der Waals surface area contributed by atoms with Gasteiger partial charge in [-0.25, -0.2) is 5.01 Å². The van der Waals surface area contributed by atoms with Crippen LogP contribution in [0.15, 0.2) is 0 Å². The highest BCUT2D eigenvalue weighted by Gasteiger charge is 2.32. The van der Waals surface area contributed by atoms with Gasteiger partial charge in [0.25, 0.3) is 5.91 Å². The predicted molar refractivity (Wildman–Crippen MR) is 84.4 cm³/mol. The highest BCUT2D eigenvalue weighted by molar-refractivity contribution is 5.88. The molecule has 1 unspecified atom stereocenters. The number of nitrogens with one attached hydrogen (secondary N) is 1. The summed E-state index contributed by atoms with van der Waals surface area (Å²) in [5.41, 5.74) is 3.03. The first kappa shape index (κ1) is 18.0. The van der Waals surface area contributed by atoms with Gasteiger partial charge < -0.3 is 4.90 Å². The van der Waals surface area contributed by atoms with Crippen molar-refractivity contribution in [2.75, 3.05) is 19.6 Å². The molecule has 0 aromatic carbocycles. The van der Waals surface area contributed by atoms with E-state index in [1.54, 1.807) is 4.90 Å². The van der Waals surface area contributed by atoms with Crippen LogP contribution in [0.4, 0.5) is 0 Å². The number of amides is 2. The molecule has 1 N–H and O–H groups in total. The van der Waals surface area contributed by atoms with Crippen LogP contribution < -0.4 is 5.43 Å². The lowest BCUT2D eigenvalue weighted by atomic mass is 10.1.